The first-order chi connectivity index (χ1) is 13.7. The number of carboxylic acid groups (broad SMARTS) is 1. The van der Waals surface area contributed by atoms with Gasteiger partial charge in [-0.3, -0.25) is 9.69 Å². The van der Waals surface area contributed by atoms with Crippen molar-refractivity contribution < 1.29 is 32.6 Å². The fourth-order valence-corrected chi connectivity index (χ4v) is 3.98. The topological polar surface area (TPSA) is 78.9 Å². The lowest BCUT2D eigenvalue weighted by Gasteiger charge is -2.36. The summed E-state index contributed by atoms with van der Waals surface area (Å²) in [5.41, 5.74) is 1.35. The summed E-state index contributed by atoms with van der Waals surface area (Å²) in [5.74, 6) is -1.42. The number of piperidine rings is 1. The molecule has 6 nitrogen and oxygen atoms in total. The number of ether oxygens (including phenoxy) is 1. The number of rotatable bonds is 4. The van der Waals surface area contributed by atoms with E-state index >= 15 is 0 Å². The molecule has 2 aliphatic rings. The number of nitrogens with one attached hydrogen (secondary N) is 1. The molecule has 2 saturated heterocycles. The molecule has 0 radical (unpaired) electrons. The van der Waals surface area contributed by atoms with E-state index in [1.54, 1.807) is 7.11 Å². The monoisotopic (exact) mass is 416 g/mol. The van der Waals surface area contributed by atoms with E-state index in [9.17, 15) is 18.0 Å². The number of benzene rings is 1. The van der Waals surface area contributed by atoms with Crippen molar-refractivity contribution in [2.45, 2.75) is 25.6 Å². The van der Waals surface area contributed by atoms with E-state index in [1.165, 1.54) is 5.56 Å². The van der Waals surface area contributed by atoms with Crippen LogP contribution in [0.2, 0.25) is 0 Å². The fourth-order valence-electron chi connectivity index (χ4n) is 3.98. The molecule has 3 rings (SSSR count). The smallest absolute Gasteiger partial charge is 0.475 e. The Balaban J connectivity index is 0.000000370. The molecule has 0 aliphatic carbocycles. The second kappa shape index (κ2) is 10.6. The minimum Gasteiger partial charge on any atom is -0.475 e. The quantitative estimate of drug-likeness (QED) is 0.789. The molecule has 162 valence electrons. The van der Waals surface area contributed by atoms with Crippen LogP contribution in [0, 0.1) is 17.8 Å². The van der Waals surface area contributed by atoms with E-state index in [4.69, 9.17) is 14.6 Å². The second-order valence-electron chi connectivity index (χ2n) is 7.37. The molecule has 1 aromatic rings. The first-order valence-corrected chi connectivity index (χ1v) is 9.55. The van der Waals surface area contributed by atoms with Crippen LogP contribution in [0.4, 0.5) is 13.2 Å². The summed E-state index contributed by atoms with van der Waals surface area (Å²) in [4.78, 5) is 23.6. The van der Waals surface area contributed by atoms with E-state index in [0.29, 0.717) is 11.8 Å². The van der Waals surface area contributed by atoms with E-state index in [0.717, 1.165) is 45.6 Å². The molecular formula is C20H27F3N2O4. The van der Waals surface area contributed by atoms with Gasteiger partial charge in [-0.2, -0.15) is 13.2 Å². The maximum atomic E-state index is 12.2. The van der Waals surface area contributed by atoms with Crippen LogP contribution < -0.4 is 5.32 Å². The summed E-state index contributed by atoms with van der Waals surface area (Å²) in [6.07, 6.45) is -3.03. The van der Waals surface area contributed by atoms with Crippen molar-refractivity contribution in [3.63, 3.8) is 0 Å². The lowest BCUT2D eigenvalue weighted by atomic mass is 9.75. The van der Waals surface area contributed by atoms with Gasteiger partial charge in [0.1, 0.15) is 0 Å². The van der Waals surface area contributed by atoms with Crippen LogP contribution in [0.15, 0.2) is 30.3 Å². The number of nitrogens with zero attached hydrogens (tertiary/aromatic N) is 1. The first kappa shape index (κ1) is 23.2. The Kier molecular flexibility index (Phi) is 8.45. The Bertz CT molecular complexity index is 669. The van der Waals surface area contributed by atoms with Crippen molar-refractivity contribution >= 4 is 11.9 Å². The number of aliphatic carboxylic acids is 1. The molecule has 0 unspecified atom stereocenters. The first-order valence-electron chi connectivity index (χ1n) is 9.55. The van der Waals surface area contributed by atoms with E-state index in [1.807, 2.05) is 0 Å². The molecule has 0 spiro atoms. The highest BCUT2D eigenvalue weighted by molar-refractivity contribution is 5.79. The van der Waals surface area contributed by atoms with Crippen LogP contribution in [0.3, 0.4) is 0 Å². The predicted molar refractivity (Wildman–Crippen MR) is 100.0 cm³/mol. The number of hydrogen-bond donors (Lipinski definition) is 2. The molecule has 9 heteroatoms. The number of carboxylic acids is 1. The molecule has 0 saturated carbocycles. The number of carbonyl (C=O) groups excluding carboxylic acids is 1. The maximum Gasteiger partial charge on any atom is 0.490 e. The van der Waals surface area contributed by atoms with Crippen molar-refractivity contribution in [1.82, 2.24) is 10.2 Å². The Morgan fingerprint density at radius 3 is 2.45 bits per heavy atom. The zero-order chi connectivity index (χ0) is 21.4. The van der Waals surface area contributed by atoms with Gasteiger partial charge in [-0.05, 0) is 37.4 Å². The third kappa shape index (κ3) is 7.01. The van der Waals surface area contributed by atoms with Crippen LogP contribution in [0.5, 0.6) is 0 Å². The number of fused-ring (bicyclic) bond motifs is 1. The molecule has 1 amide bonds. The summed E-state index contributed by atoms with van der Waals surface area (Å²) in [6, 6.07) is 10.6. The van der Waals surface area contributed by atoms with Gasteiger partial charge in [0.2, 0.25) is 5.91 Å². The van der Waals surface area contributed by atoms with Crippen molar-refractivity contribution in [3.05, 3.63) is 35.9 Å². The number of halogens is 3. The van der Waals surface area contributed by atoms with Crippen molar-refractivity contribution in [3.8, 4) is 0 Å². The zero-order valence-corrected chi connectivity index (χ0v) is 16.3. The summed E-state index contributed by atoms with van der Waals surface area (Å²) < 4.78 is 37.1. The number of likely N-dealkylation sites (tertiary alicyclic amines) is 1. The summed E-state index contributed by atoms with van der Waals surface area (Å²) >= 11 is 0. The van der Waals surface area contributed by atoms with Gasteiger partial charge in [-0.15, -0.1) is 0 Å². The molecule has 2 N–H and O–H groups in total. The van der Waals surface area contributed by atoms with Gasteiger partial charge >= 0.3 is 12.1 Å². The van der Waals surface area contributed by atoms with Crippen molar-refractivity contribution in [2.24, 2.45) is 17.8 Å². The van der Waals surface area contributed by atoms with Gasteiger partial charge in [-0.1, -0.05) is 30.3 Å². The highest BCUT2D eigenvalue weighted by Gasteiger charge is 2.40. The third-order valence-electron chi connectivity index (χ3n) is 5.40. The molecule has 0 aromatic heterocycles. The SMILES string of the molecule is COC[C@H]1CNC(=O)[C@@H]2CCN(Cc3ccccc3)CC[C@H]12.O=C(O)C(F)(F)F. The molecule has 0 bridgehead atoms. The lowest BCUT2D eigenvalue weighted by molar-refractivity contribution is -0.192. The van der Waals surface area contributed by atoms with Gasteiger partial charge in [-0.25, -0.2) is 4.79 Å². The highest BCUT2D eigenvalue weighted by atomic mass is 19.4. The standard InChI is InChI=1S/C18H26N2O2.C2HF3O2/c1-22-13-15-11-19-18(21)17-8-10-20(9-7-16(15)17)12-14-5-3-2-4-6-14;3-2(4,5)1(6)7/h2-6,15-17H,7-13H2,1H3,(H,19,21);(H,6,7)/t15-,16-,17-;/m1./s1. The van der Waals surface area contributed by atoms with Gasteiger partial charge < -0.3 is 15.2 Å². The normalized spacial score (nSPS) is 25.1. The zero-order valence-electron chi connectivity index (χ0n) is 16.3. The van der Waals surface area contributed by atoms with Gasteiger partial charge in [0, 0.05) is 32.0 Å². The molecule has 2 heterocycles. The Labute approximate surface area is 168 Å². The fraction of sp³-hybridized carbons (Fsp3) is 0.600. The van der Waals surface area contributed by atoms with Crippen molar-refractivity contribution in [2.75, 3.05) is 33.4 Å². The maximum absolute atomic E-state index is 12.2. The minimum absolute atomic E-state index is 0.162. The third-order valence-corrected chi connectivity index (χ3v) is 5.40. The predicted octanol–water partition coefficient (Wildman–Crippen LogP) is 2.54. The number of amides is 1. The summed E-state index contributed by atoms with van der Waals surface area (Å²) in [5, 5.41) is 10.2. The van der Waals surface area contributed by atoms with Gasteiger partial charge in [0.25, 0.3) is 0 Å². The average molecular weight is 416 g/mol. The average Bonchev–Trinajstić information content (AvgIpc) is 2.88. The van der Waals surface area contributed by atoms with Crippen molar-refractivity contribution in [1.29, 1.82) is 0 Å². The number of carbonyl (C=O) groups is 2. The Hall–Kier alpha value is -2.13. The van der Waals surface area contributed by atoms with E-state index in [-0.39, 0.29) is 11.8 Å². The van der Waals surface area contributed by atoms with E-state index in [2.05, 4.69) is 40.5 Å². The summed E-state index contributed by atoms with van der Waals surface area (Å²) in [7, 11) is 1.75. The second-order valence-corrected chi connectivity index (χ2v) is 7.37. The molecule has 29 heavy (non-hydrogen) atoms. The molecule has 2 fully saturated rings. The van der Waals surface area contributed by atoms with Crippen LogP contribution in [0.1, 0.15) is 18.4 Å². The van der Waals surface area contributed by atoms with Crippen LogP contribution >= 0.6 is 0 Å². The van der Waals surface area contributed by atoms with Gasteiger partial charge in [0.15, 0.2) is 0 Å². The number of hydrogen-bond acceptors (Lipinski definition) is 4. The van der Waals surface area contributed by atoms with Gasteiger partial charge in [0.05, 0.1) is 6.61 Å². The Morgan fingerprint density at radius 1 is 1.24 bits per heavy atom. The lowest BCUT2D eigenvalue weighted by Crippen LogP contribution is -2.49. The van der Waals surface area contributed by atoms with Crippen LogP contribution in [0.25, 0.3) is 0 Å². The minimum atomic E-state index is -5.08. The number of methoxy groups -OCH3 is 1. The molecule has 3 atom stereocenters. The molecular weight excluding hydrogens is 389 g/mol. The molecule has 1 aromatic carbocycles. The number of alkyl halides is 3. The summed E-state index contributed by atoms with van der Waals surface area (Å²) in [6.45, 7) is 4.58. The van der Waals surface area contributed by atoms with E-state index < -0.39 is 12.1 Å². The molecule has 2 aliphatic heterocycles. The van der Waals surface area contributed by atoms with Crippen LogP contribution in [-0.2, 0) is 20.9 Å². The largest absolute Gasteiger partial charge is 0.490 e. The Morgan fingerprint density at radius 2 is 1.86 bits per heavy atom. The highest BCUT2D eigenvalue weighted by Crippen LogP contribution is 2.34. The van der Waals surface area contributed by atoms with Crippen LogP contribution in [-0.4, -0.2) is 61.4 Å².